The second-order valence-corrected chi connectivity index (χ2v) is 7.81. The van der Waals surface area contributed by atoms with E-state index < -0.39 is 11.9 Å². The molecule has 9 heteroatoms. The van der Waals surface area contributed by atoms with E-state index in [0.717, 1.165) is 11.4 Å². The Morgan fingerprint density at radius 1 is 0.895 bits per heavy atom. The number of aliphatic imine (C=N–C) groups is 1. The van der Waals surface area contributed by atoms with Gasteiger partial charge in [-0.25, -0.2) is 19.4 Å². The predicted octanol–water partition coefficient (Wildman–Crippen LogP) is 4.72. The first-order valence-corrected chi connectivity index (χ1v) is 11.9. The molecule has 0 aromatic heterocycles. The number of isocyanates is 1. The largest absolute Gasteiger partial charge is 0.462 e. The van der Waals surface area contributed by atoms with Gasteiger partial charge in [0.15, 0.2) is 0 Å². The molecule has 0 spiro atoms. The fraction of sp³-hybridized carbons (Fsp3) is 0.310. The van der Waals surface area contributed by atoms with Crippen LogP contribution >= 0.6 is 0 Å². The maximum atomic E-state index is 11.9. The van der Waals surface area contributed by atoms with E-state index in [2.05, 4.69) is 28.2 Å². The van der Waals surface area contributed by atoms with Gasteiger partial charge in [0, 0.05) is 43.0 Å². The number of benzene rings is 2. The molecule has 1 N–H and O–H groups in total. The number of amides is 1. The molecule has 0 fully saturated rings. The number of rotatable bonds is 11. The normalized spacial score (nSPS) is 9.05. The summed E-state index contributed by atoms with van der Waals surface area (Å²) in [4.78, 5) is 48.0. The summed E-state index contributed by atoms with van der Waals surface area (Å²) in [6.45, 7) is 10.5. The minimum Gasteiger partial charge on any atom is -0.462 e. The molecule has 0 aliphatic carbocycles. The molecule has 38 heavy (non-hydrogen) atoms. The van der Waals surface area contributed by atoms with Crippen LogP contribution in [0.5, 0.6) is 0 Å². The van der Waals surface area contributed by atoms with Gasteiger partial charge in [-0.05, 0) is 44.5 Å². The van der Waals surface area contributed by atoms with Crippen LogP contribution in [0.1, 0.15) is 26.7 Å². The van der Waals surface area contributed by atoms with Crippen molar-refractivity contribution in [3.63, 3.8) is 0 Å². The quantitative estimate of drug-likeness (QED) is 0.149. The number of carbonyl (C=O) groups excluding carboxylic acids is 4. The first-order chi connectivity index (χ1) is 18.1. The van der Waals surface area contributed by atoms with E-state index in [1.165, 1.54) is 6.08 Å². The smallest absolute Gasteiger partial charge is 0.333 e. The van der Waals surface area contributed by atoms with Gasteiger partial charge in [-0.15, -0.1) is 0 Å². The summed E-state index contributed by atoms with van der Waals surface area (Å²) < 4.78 is 9.52. The first-order valence-electron chi connectivity index (χ1n) is 11.9. The van der Waals surface area contributed by atoms with E-state index in [-0.39, 0.29) is 25.7 Å². The van der Waals surface area contributed by atoms with Crippen LogP contribution < -0.4 is 10.2 Å². The van der Waals surface area contributed by atoms with Gasteiger partial charge in [-0.3, -0.25) is 4.79 Å². The lowest BCUT2D eigenvalue weighted by molar-refractivity contribution is -0.139. The number of ether oxygens (including phenoxy) is 2. The first kappa shape index (κ1) is 33.5. The maximum absolute atomic E-state index is 11.9. The third-order valence-electron chi connectivity index (χ3n) is 4.55. The van der Waals surface area contributed by atoms with Crippen molar-refractivity contribution < 1.29 is 28.7 Å². The molecule has 2 rings (SSSR count). The summed E-state index contributed by atoms with van der Waals surface area (Å²) in [5.74, 6) is -0.882. The van der Waals surface area contributed by atoms with E-state index in [1.807, 2.05) is 67.7 Å². The third-order valence-corrected chi connectivity index (χ3v) is 4.55. The predicted molar refractivity (Wildman–Crippen MR) is 150 cm³/mol. The SMILES string of the molecule is C=C(C)C(=O)OCCCC(=O)N(C)c1ccccc1.C=C(C)C(=O)OCCN=C=O.CNc1ccccc1. The van der Waals surface area contributed by atoms with Gasteiger partial charge < -0.3 is 19.7 Å². The molecule has 0 saturated heterocycles. The van der Waals surface area contributed by atoms with Gasteiger partial charge in [-0.1, -0.05) is 49.6 Å². The number of nitrogens with one attached hydrogen (secondary N) is 1. The Morgan fingerprint density at radius 2 is 1.39 bits per heavy atom. The zero-order valence-corrected chi connectivity index (χ0v) is 22.6. The number of nitrogens with zero attached hydrogens (tertiary/aromatic N) is 2. The summed E-state index contributed by atoms with van der Waals surface area (Å²) in [5.41, 5.74) is 2.71. The Labute approximate surface area is 224 Å². The standard InChI is InChI=1S/C15H19NO3.C7H9NO3.C7H9N/c1-12(2)15(18)19-11-7-10-14(17)16(3)13-8-5-4-6-9-13;1-6(2)7(10)11-4-3-8-5-9;1-8-7-5-3-2-4-6-7/h4-6,8-9H,1,7,10-11H2,2-3H3;1,3-4H2,2H3;2-6,8H,1H3. The molecule has 2 aromatic carbocycles. The second kappa shape index (κ2) is 20.7. The second-order valence-electron chi connectivity index (χ2n) is 7.81. The molecule has 0 saturated carbocycles. The topological polar surface area (TPSA) is 114 Å². The van der Waals surface area contributed by atoms with Crippen LogP contribution in [-0.2, 0) is 28.7 Å². The van der Waals surface area contributed by atoms with E-state index >= 15 is 0 Å². The van der Waals surface area contributed by atoms with Gasteiger partial charge in [0.1, 0.15) is 6.61 Å². The average Bonchev–Trinajstić information content (AvgIpc) is 2.94. The Hall–Kier alpha value is -4.49. The molecule has 0 aliphatic rings. The fourth-order valence-electron chi connectivity index (χ4n) is 2.43. The van der Waals surface area contributed by atoms with Gasteiger partial charge in [0.2, 0.25) is 12.0 Å². The molecule has 1 amide bonds. The average molecular weight is 524 g/mol. The molecule has 0 heterocycles. The van der Waals surface area contributed by atoms with Crippen molar-refractivity contribution in [1.29, 1.82) is 0 Å². The molecular weight excluding hydrogens is 486 g/mol. The Balaban J connectivity index is 0.000000606. The minimum absolute atomic E-state index is 0.00225. The van der Waals surface area contributed by atoms with Crippen LogP contribution in [0.4, 0.5) is 11.4 Å². The molecule has 0 radical (unpaired) electrons. The zero-order valence-electron chi connectivity index (χ0n) is 22.6. The van der Waals surface area contributed by atoms with Crippen molar-refractivity contribution in [1.82, 2.24) is 0 Å². The molecule has 0 atom stereocenters. The van der Waals surface area contributed by atoms with Gasteiger partial charge >= 0.3 is 11.9 Å². The molecule has 0 bridgehead atoms. The lowest BCUT2D eigenvalue weighted by Gasteiger charge is -2.17. The number of anilines is 2. The lowest BCUT2D eigenvalue weighted by atomic mass is 10.2. The van der Waals surface area contributed by atoms with Crippen LogP contribution in [-0.4, -0.2) is 57.8 Å². The summed E-state index contributed by atoms with van der Waals surface area (Å²) >= 11 is 0. The monoisotopic (exact) mass is 523 g/mol. The van der Waals surface area contributed by atoms with Gasteiger partial charge in [-0.2, -0.15) is 0 Å². The molecule has 9 nitrogen and oxygen atoms in total. The van der Waals surface area contributed by atoms with Crippen LogP contribution in [0.25, 0.3) is 0 Å². The zero-order chi connectivity index (χ0) is 28.8. The third kappa shape index (κ3) is 16.2. The lowest BCUT2D eigenvalue weighted by Crippen LogP contribution is -2.26. The minimum atomic E-state index is -0.467. The summed E-state index contributed by atoms with van der Waals surface area (Å²) in [5, 5.41) is 3.03. The van der Waals surface area contributed by atoms with Crippen molar-refractivity contribution in [2.24, 2.45) is 4.99 Å². The highest BCUT2D eigenvalue weighted by atomic mass is 16.5. The number of hydrogen-bond acceptors (Lipinski definition) is 8. The van der Waals surface area contributed by atoms with Crippen LogP contribution in [0.15, 0.2) is 90.0 Å². The Kier molecular flexibility index (Phi) is 18.2. The molecule has 0 unspecified atom stereocenters. The van der Waals surface area contributed by atoms with E-state index in [9.17, 15) is 19.2 Å². The highest BCUT2D eigenvalue weighted by Crippen LogP contribution is 2.12. The summed E-state index contributed by atoms with van der Waals surface area (Å²) in [7, 11) is 3.65. The highest BCUT2D eigenvalue weighted by Gasteiger charge is 2.10. The van der Waals surface area contributed by atoms with Crippen LogP contribution in [0.2, 0.25) is 0 Å². The van der Waals surface area contributed by atoms with Crippen LogP contribution in [0.3, 0.4) is 0 Å². The summed E-state index contributed by atoms with van der Waals surface area (Å²) in [6.07, 6.45) is 2.18. The van der Waals surface area contributed by atoms with Crippen molar-refractivity contribution in [2.75, 3.05) is 44.1 Å². The van der Waals surface area contributed by atoms with E-state index in [1.54, 1.807) is 25.8 Å². The van der Waals surface area contributed by atoms with Crippen molar-refractivity contribution >= 4 is 35.3 Å². The molecular formula is C29H37N3O6. The van der Waals surface area contributed by atoms with E-state index in [0.29, 0.717) is 24.0 Å². The van der Waals surface area contributed by atoms with Crippen LogP contribution in [0, 0.1) is 0 Å². The van der Waals surface area contributed by atoms with E-state index in [4.69, 9.17) is 4.74 Å². The highest BCUT2D eigenvalue weighted by molar-refractivity contribution is 5.92. The summed E-state index contributed by atoms with van der Waals surface area (Å²) in [6, 6.07) is 19.5. The van der Waals surface area contributed by atoms with Crippen molar-refractivity contribution in [3.05, 3.63) is 85.0 Å². The number of carbonyl (C=O) groups is 3. The Morgan fingerprint density at radius 3 is 1.84 bits per heavy atom. The van der Waals surface area contributed by atoms with Crippen molar-refractivity contribution in [2.45, 2.75) is 26.7 Å². The van der Waals surface area contributed by atoms with Gasteiger partial charge in [0.05, 0.1) is 13.2 Å². The fourth-order valence-corrected chi connectivity index (χ4v) is 2.43. The maximum Gasteiger partial charge on any atom is 0.333 e. The van der Waals surface area contributed by atoms with Crippen molar-refractivity contribution in [3.8, 4) is 0 Å². The number of hydrogen-bond donors (Lipinski definition) is 1. The molecule has 0 aliphatic heterocycles. The van der Waals surface area contributed by atoms with Gasteiger partial charge in [0.25, 0.3) is 0 Å². The molecule has 204 valence electrons. The Bertz CT molecular complexity index is 1060. The number of esters is 2. The molecule has 2 aromatic rings. The number of para-hydroxylation sites is 2.